The number of imidazole rings is 1. The van der Waals surface area contributed by atoms with Crippen molar-refractivity contribution in [1.29, 1.82) is 5.53 Å². The van der Waals surface area contributed by atoms with E-state index in [2.05, 4.69) is 15.1 Å². The maximum Gasteiger partial charge on any atom is 0.247 e. The Balaban J connectivity index is 2.83. The van der Waals surface area contributed by atoms with Crippen LogP contribution in [0.1, 0.15) is 11.1 Å². The van der Waals surface area contributed by atoms with Gasteiger partial charge in [-0.3, -0.25) is 0 Å². The molecule has 0 bridgehead atoms. The Morgan fingerprint density at radius 2 is 2.15 bits per heavy atom. The fourth-order valence-electron chi connectivity index (χ4n) is 1.35. The second-order valence-electron chi connectivity index (χ2n) is 3.08. The average molecular weight is 174 g/mol. The summed E-state index contributed by atoms with van der Waals surface area (Å²) in [5.41, 5.74) is 11.0. The molecule has 1 heterocycles. The van der Waals surface area contributed by atoms with Crippen molar-refractivity contribution in [2.75, 3.05) is 0 Å². The molecular formula is C9H10N4. The Labute approximate surface area is 75.5 Å². The minimum atomic E-state index is 0.365. The SMILES string of the molecule is Cc1ccc2[nH]c(N=N)nc2c1C. The molecular weight excluding hydrogens is 164 g/mol. The predicted octanol–water partition coefficient (Wildman–Crippen LogP) is 2.84. The first-order valence-electron chi connectivity index (χ1n) is 4.06. The lowest BCUT2D eigenvalue weighted by molar-refractivity contribution is 1.07. The summed E-state index contributed by atoms with van der Waals surface area (Å²) >= 11 is 0. The molecule has 1 aromatic heterocycles. The van der Waals surface area contributed by atoms with Gasteiger partial charge in [0.05, 0.1) is 11.0 Å². The highest BCUT2D eigenvalue weighted by Gasteiger charge is 2.05. The molecule has 2 N–H and O–H groups in total. The van der Waals surface area contributed by atoms with Gasteiger partial charge in [-0.25, -0.2) is 10.5 Å². The van der Waals surface area contributed by atoms with E-state index in [9.17, 15) is 0 Å². The summed E-state index contributed by atoms with van der Waals surface area (Å²) in [7, 11) is 0. The molecule has 0 aliphatic rings. The normalized spacial score (nSPS) is 10.6. The third-order valence-electron chi connectivity index (χ3n) is 2.27. The van der Waals surface area contributed by atoms with Gasteiger partial charge in [0, 0.05) is 0 Å². The van der Waals surface area contributed by atoms with Crippen molar-refractivity contribution in [3.05, 3.63) is 23.3 Å². The minimum Gasteiger partial charge on any atom is -0.321 e. The van der Waals surface area contributed by atoms with Crippen LogP contribution in [0.4, 0.5) is 5.95 Å². The summed E-state index contributed by atoms with van der Waals surface area (Å²) < 4.78 is 0. The number of hydrogen-bond acceptors (Lipinski definition) is 3. The van der Waals surface area contributed by atoms with Crippen molar-refractivity contribution < 1.29 is 0 Å². The lowest BCUT2D eigenvalue weighted by Crippen LogP contribution is -1.81. The Hall–Kier alpha value is -1.71. The topological polar surface area (TPSA) is 64.9 Å². The molecule has 1 aromatic carbocycles. The van der Waals surface area contributed by atoms with E-state index in [4.69, 9.17) is 5.53 Å². The number of nitrogens with zero attached hydrogens (tertiary/aromatic N) is 2. The number of benzene rings is 1. The Morgan fingerprint density at radius 1 is 1.38 bits per heavy atom. The van der Waals surface area contributed by atoms with Gasteiger partial charge in [0.1, 0.15) is 0 Å². The van der Waals surface area contributed by atoms with Crippen molar-refractivity contribution in [3.8, 4) is 0 Å². The van der Waals surface area contributed by atoms with Crippen molar-refractivity contribution in [2.24, 2.45) is 5.11 Å². The molecule has 4 heteroatoms. The van der Waals surface area contributed by atoms with Gasteiger partial charge in [-0.05, 0) is 31.0 Å². The Morgan fingerprint density at radius 3 is 2.85 bits per heavy atom. The standard InChI is InChI=1S/C9H10N4/c1-5-3-4-7-8(6(5)2)12-9(11-7)13-10/h3-4,10H,1-2H3,(H,11,12). The van der Waals surface area contributed by atoms with Crippen LogP contribution in [-0.2, 0) is 0 Å². The predicted molar refractivity (Wildman–Crippen MR) is 50.4 cm³/mol. The van der Waals surface area contributed by atoms with Gasteiger partial charge < -0.3 is 4.98 Å². The van der Waals surface area contributed by atoms with Crippen LogP contribution in [0.5, 0.6) is 0 Å². The van der Waals surface area contributed by atoms with Crippen LogP contribution in [0.2, 0.25) is 0 Å². The van der Waals surface area contributed by atoms with Crippen molar-refractivity contribution in [2.45, 2.75) is 13.8 Å². The number of fused-ring (bicyclic) bond motifs is 1. The van der Waals surface area contributed by atoms with Gasteiger partial charge >= 0.3 is 0 Å². The summed E-state index contributed by atoms with van der Waals surface area (Å²) in [5, 5.41) is 3.26. The van der Waals surface area contributed by atoms with E-state index in [1.54, 1.807) is 0 Å². The van der Waals surface area contributed by atoms with E-state index < -0.39 is 0 Å². The fourth-order valence-corrected chi connectivity index (χ4v) is 1.35. The molecule has 0 fully saturated rings. The molecule has 0 saturated heterocycles. The van der Waals surface area contributed by atoms with Crippen molar-refractivity contribution in [1.82, 2.24) is 9.97 Å². The number of aromatic nitrogens is 2. The van der Waals surface area contributed by atoms with E-state index in [0.717, 1.165) is 16.6 Å². The van der Waals surface area contributed by atoms with E-state index in [1.165, 1.54) is 5.56 Å². The van der Waals surface area contributed by atoms with Gasteiger partial charge in [0.2, 0.25) is 5.95 Å². The molecule has 0 aliphatic heterocycles. The number of aryl methyl sites for hydroxylation is 2. The molecule has 0 unspecified atom stereocenters. The van der Waals surface area contributed by atoms with Crippen molar-refractivity contribution in [3.63, 3.8) is 0 Å². The molecule has 2 rings (SSSR count). The maximum atomic E-state index is 6.83. The zero-order chi connectivity index (χ0) is 9.42. The third kappa shape index (κ3) is 1.11. The largest absolute Gasteiger partial charge is 0.321 e. The first kappa shape index (κ1) is 7.91. The summed E-state index contributed by atoms with van der Waals surface area (Å²) in [6.45, 7) is 4.06. The average Bonchev–Trinajstić information content (AvgIpc) is 2.55. The molecule has 0 radical (unpaired) electrons. The number of H-pyrrole nitrogens is 1. The molecule has 0 aliphatic carbocycles. The molecule has 13 heavy (non-hydrogen) atoms. The quantitative estimate of drug-likeness (QED) is 0.641. The first-order valence-corrected chi connectivity index (χ1v) is 4.06. The highest BCUT2D eigenvalue weighted by Crippen LogP contribution is 2.21. The van der Waals surface area contributed by atoms with Crippen LogP contribution in [0.25, 0.3) is 11.0 Å². The van der Waals surface area contributed by atoms with Crippen LogP contribution in [0.15, 0.2) is 17.2 Å². The lowest BCUT2D eigenvalue weighted by Gasteiger charge is -1.97. The highest BCUT2D eigenvalue weighted by atomic mass is 15.1. The van der Waals surface area contributed by atoms with Crippen LogP contribution in [-0.4, -0.2) is 9.97 Å². The monoisotopic (exact) mass is 174 g/mol. The number of rotatable bonds is 1. The number of aromatic amines is 1. The molecule has 0 spiro atoms. The van der Waals surface area contributed by atoms with Crippen LogP contribution in [0.3, 0.4) is 0 Å². The fraction of sp³-hybridized carbons (Fsp3) is 0.222. The van der Waals surface area contributed by atoms with Gasteiger partial charge in [-0.15, -0.1) is 5.11 Å². The smallest absolute Gasteiger partial charge is 0.247 e. The zero-order valence-corrected chi connectivity index (χ0v) is 7.55. The molecule has 0 atom stereocenters. The lowest BCUT2D eigenvalue weighted by atomic mass is 10.1. The first-order chi connectivity index (χ1) is 6.22. The summed E-state index contributed by atoms with van der Waals surface area (Å²) in [6.07, 6.45) is 0. The second-order valence-corrected chi connectivity index (χ2v) is 3.08. The highest BCUT2D eigenvalue weighted by molar-refractivity contribution is 5.81. The van der Waals surface area contributed by atoms with Gasteiger partial charge in [0.25, 0.3) is 0 Å². The molecule has 0 saturated carbocycles. The van der Waals surface area contributed by atoms with E-state index in [1.807, 2.05) is 26.0 Å². The molecule has 0 amide bonds. The van der Waals surface area contributed by atoms with Gasteiger partial charge in [-0.1, -0.05) is 6.07 Å². The molecule has 66 valence electrons. The number of nitrogens with one attached hydrogen (secondary N) is 2. The van der Waals surface area contributed by atoms with Crippen LogP contribution >= 0.6 is 0 Å². The summed E-state index contributed by atoms with van der Waals surface area (Å²) in [5.74, 6) is 0.365. The maximum absolute atomic E-state index is 6.83. The number of hydrogen-bond donors (Lipinski definition) is 2. The molecule has 2 aromatic rings. The van der Waals surface area contributed by atoms with Crippen LogP contribution < -0.4 is 0 Å². The van der Waals surface area contributed by atoms with E-state index in [0.29, 0.717) is 5.95 Å². The van der Waals surface area contributed by atoms with Gasteiger partial charge in [0.15, 0.2) is 0 Å². The van der Waals surface area contributed by atoms with E-state index in [-0.39, 0.29) is 0 Å². The second kappa shape index (κ2) is 2.65. The van der Waals surface area contributed by atoms with E-state index >= 15 is 0 Å². The van der Waals surface area contributed by atoms with Gasteiger partial charge in [-0.2, -0.15) is 0 Å². The van der Waals surface area contributed by atoms with Crippen LogP contribution in [0, 0.1) is 19.4 Å². The minimum absolute atomic E-state index is 0.365. The summed E-state index contributed by atoms with van der Waals surface area (Å²) in [6, 6.07) is 3.99. The van der Waals surface area contributed by atoms with Crippen molar-refractivity contribution >= 4 is 17.0 Å². The Bertz CT molecular complexity index is 470. The zero-order valence-electron chi connectivity index (χ0n) is 7.55. The third-order valence-corrected chi connectivity index (χ3v) is 2.27. The summed E-state index contributed by atoms with van der Waals surface area (Å²) in [4.78, 5) is 7.13. The molecule has 4 nitrogen and oxygen atoms in total. The Kier molecular flexibility index (Phi) is 1.62.